The van der Waals surface area contributed by atoms with Crippen molar-refractivity contribution in [2.24, 2.45) is 0 Å². The van der Waals surface area contributed by atoms with Crippen LogP contribution in [0.15, 0.2) is 18.2 Å². The van der Waals surface area contributed by atoms with Crippen LogP contribution in [-0.2, 0) is 6.54 Å². The first kappa shape index (κ1) is 11.4. The largest absolute Gasteiger partial charge is 0.497 e. The van der Waals surface area contributed by atoms with Crippen LogP contribution in [0.2, 0.25) is 0 Å². The molecule has 1 N–H and O–H groups in total. The van der Waals surface area contributed by atoms with Crippen LogP contribution >= 0.6 is 0 Å². The van der Waals surface area contributed by atoms with E-state index in [-0.39, 0.29) is 0 Å². The van der Waals surface area contributed by atoms with E-state index in [0.717, 1.165) is 38.5 Å². The maximum absolute atomic E-state index is 5.29. The first-order valence-corrected chi connectivity index (χ1v) is 5.85. The Morgan fingerprint density at radius 2 is 2.00 bits per heavy atom. The highest BCUT2D eigenvalue weighted by Crippen LogP contribution is 2.17. The van der Waals surface area contributed by atoms with Crippen molar-refractivity contribution in [3.8, 4) is 5.75 Å². The topological polar surface area (TPSA) is 24.5 Å². The van der Waals surface area contributed by atoms with Gasteiger partial charge in [-0.3, -0.25) is 4.90 Å². The molecule has 3 heteroatoms. The summed E-state index contributed by atoms with van der Waals surface area (Å²) in [6.45, 7) is 7.61. The standard InChI is InChI=1S/C13H20N2O/c1-11-7-12(9-13(8-11)16-2)10-15-5-3-14-4-6-15/h7-9,14H,3-6,10H2,1-2H3. The Morgan fingerprint density at radius 1 is 1.25 bits per heavy atom. The van der Waals surface area contributed by atoms with Crippen molar-refractivity contribution in [3.05, 3.63) is 29.3 Å². The first-order valence-electron chi connectivity index (χ1n) is 5.85. The van der Waals surface area contributed by atoms with E-state index >= 15 is 0 Å². The Morgan fingerprint density at radius 3 is 2.69 bits per heavy atom. The van der Waals surface area contributed by atoms with Crippen molar-refractivity contribution < 1.29 is 4.74 Å². The van der Waals surface area contributed by atoms with Crippen molar-refractivity contribution in [1.29, 1.82) is 0 Å². The average Bonchev–Trinajstić information content (AvgIpc) is 2.29. The molecule has 0 atom stereocenters. The van der Waals surface area contributed by atoms with E-state index in [0.29, 0.717) is 0 Å². The van der Waals surface area contributed by atoms with Crippen molar-refractivity contribution in [2.45, 2.75) is 13.5 Å². The minimum atomic E-state index is 0.963. The number of hydrogen-bond acceptors (Lipinski definition) is 3. The number of rotatable bonds is 3. The molecule has 1 aromatic carbocycles. The summed E-state index contributed by atoms with van der Waals surface area (Å²) < 4.78 is 5.29. The predicted molar refractivity (Wildman–Crippen MR) is 65.9 cm³/mol. The molecule has 1 fully saturated rings. The van der Waals surface area contributed by atoms with Crippen molar-refractivity contribution >= 4 is 0 Å². The zero-order chi connectivity index (χ0) is 11.4. The van der Waals surface area contributed by atoms with Gasteiger partial charge in [-0.25, -0.2) is 0 Å². The number of aryl methyl sites for hydroxylation is 1. The minimum absolute atomic E-state index is 0.963. The monoisotopic (exact) mass is 220 g/mol. The van der Waals surface area contributed by atoms with Gasteiger partial charge in [-0.15, -0.1) is 0 Å². The van der Waals surface area contributed by atoms with Crippen LogP contribution in [0, 0.1) is 6.92 Å². The summed E-state index contributed by atoms with van der Waals surface area (Å²) in [4.78, 5) is 2.48. The fraction of sp³-hybridized carbons (Fsp3) is 0.538. The summed E-state index contributed by atoms with van der Waals surface area (Å²) in [5.74, 6) is 0.963. The van der Waals surface area contributed by atoms with Crippen LogP contribution in [0.5, 0.6) is 5.75 Å². The van der Waals surface area contributed by atoms with Crippen LogP contribution in [0.3, 0.4) is 0 Å². The first-order chi connectivity index (χ1) is 7.78. The van der Waals surface area contributed by atoms with Crippen LogP contribution in [0.25, 0.3) is 0 Å². The number of nitrogens with one attached hydrogen (secondary N) is 1. The van der Waals surface area contributed by atoms with E-state index in [1.807, 2.05) is 0 Å². The lowest BCUT2D eigenvalue weighted by Gasteiger charge is -2.27. The number of benzene rings is 1. The van der Waals surface area contributed by atoms with Gasteiger partial charge in [0.25, 0.3) is 0 Å². The van der Waals surface area contributed by atoms with Crippen LogP contribution < -0.4 is 10.1 Å². The second-order valence-corrected chi connectivity index (χ2v) is 4.38. The normalized spacial score (nSPS) is 17.4. The number of methoxy groups -OCH3 is 1. The molecule has 1 heterocycles. The SMILES string of the molecule is COc1cc(C)cc(CN2CCNCC2)c1. The molecule has 1 aliphatic heterocycles. The zero-order valence-electron chi connectivity index (χ0n) is 10.1. The van der Waals surface area contributed by atoms with Gasteiger partial charge < -0.3 is 10.1 Å². The molecule has 1 aromatic rings. The summed E-state index contributed by atoms with van der Waals surface area (Å²) in [5.41, 5.74) is 2.61. The van der Waals surface area contributed by atoms with Crippen molar-refractivity contribution in [1.82, 2.24) is 10.2 Å². The van der Waals surface area contributed by atoms with Crippen LogP contribution in [0.4, 0.5) is 0 Å². The van der Waals surface area contributed by atoms with Gasteiger partial charge in [-0.05, 0) is 30.2 Å². The Balaban J connectivity index is 2.04. The molecule has 88 valence electrons. The van der Waals surface area contributed by atoms with E-state index in [4.69, 9.17) is 4.74 Å². The average molecular weight is 220 g/mol. The van der Waals surface area contributed by atoms with Gasteiger partial charge in [0, 0.05) is 32.7 Å². The Labute approximate surface area is 97.4 Å². The molecule has 0 aliphatic carbocycles. The van der Waals surface area contributed by atoms with E-state index in [2.05, 4.69) is 35.3 Å². The fourth-order valence-electron chi connectivity index (χ4n) is 2.16. The molecule has 0 aromatic heterocycles. The van der Waals surface area contributed by atoms with Gasteiger partial charge in [-0.1, -0.05) is 6.07 Å². The second-order valence-electron chi connectivity index (χ2n) is 4.38. The molecule has 1 saturated heterocycles. The quantitative estimate of drug-likeness (QED) is 0.833. The zero-order valence-corrected chi connectivity index (χ0v) is 10.1. The Hall–Kier alpha value is -1.06. The lowest BCUT2D eigenvalue weighted by atomic mass is 10.1. The van der Waals surface area contributed by atoms with Gasteiger partial charge in [0.2, 0.25) is 0 Å². The smallest absolute Gasteiger partial charge is 0.119 e. The summed E-state index contributed by atoms with van der Waals surface area (Å²) in [7, 11) is 1.73. The highest BCUT2D eigenvalue weighted by molar-refractivity contribution is 5.33. The number of ether oxygens (including phenoxy) is 1. The van der Waals surface area contributed by atoms with Crippen LogP contribution in [-0.4, -0.2) is 38.2 Å². The summed E-state index contributed by atoms with van der Waals surface area (Å²) in [6.07, 6.45) is 0. The molecule has 0 amide bonds. The molecule has 0 unspecified atom stereocenters. The van der Waals surface area contributed by atoms with Gasteiger partial charge in [0.1, 0.15) is 5.75 Å². The highest BCUT2D eigenvalue weighted by atomic mass is 16.5. The molecule has 2 rings (SSSR count). The van der Waals surface area contributed by atoms with Gasteiger partial charge in [0.15, 0.2) is 0 Å². The van der Waals surface area contributed by atoms with Crippen molar-refractivity contribution in [2.75, 3.05) is 33.3 Å². The Bertz CT molecular complexity index is 346. The molecule has 3 nitrogen and oxygen atoms in total. The molecule has 1 aliphatic rings. The third kappa shape index (κ3) is 2.97. The van der Waals surface area contributed by atoms with Crippen LogP contribution in [0.1, 0.15) is 11.1 Å². The third-order valence-electron chi connectivity index (χ3n) is 2.96. The maximum atomic E-state index is 5.29. The lowest BCUT2D eigenvalue weighted by molar-refractivity contribution is 0.233. The molecule has 16 heavy (non-hydrogen) atoms. The number of hydrogen-bond donors (Lipinski definition) is 1. The molecule has 0 spiro atoms. The van der Waals surface area contributed by atoms with E-state index in [1.165, 1.54) is 11.1 Å². The summed E-state index contributed by atoms with van der Waals surface area (Å²) in [6, 6.07) is 6.45. The molecular formula is C13H20N2O. The molecule has 0 saturated carbocycles. The number of piperazine rings is 1. The van der Waals surface area contributed by atoms with Gasteiger partial charge in [-0.2, -0.15) is 0 Å². The predicted octanol–water partition coefficient (Wildman–Crippen LogP) is 1.41. The van der Waals surface area contributed by atoms with Gasteiger partial charge >= 0.3 is 0 Å². The lowest BCUT2D eigenvalue weighted by Crippen LogP contribution is -2.42. The third-order valence-corrected chi connectivity index (χ3v) is 2.96. The van der Waals surface area contributed by atoms with E-state index < -0.39 is 0 Å². The van der Waals surface area contributed by atoms with E-state index in [9.17, 15) is 0 Å². The second kappa shape index (κ2) is 5.32. The molecule has 0 radical (unpaired) electrons. The Kier molecular flexibility index (Phi) is 3.80. The van der Waals surface area contributed by atoms with Gasteiger partial charge in [0.05, 0.1) is 7.11 Å². The maximum Gasteiger partial charge on any atom is 0.119 e. The van der Waals surface area contributed by atoms with E-state index in [1.54, 1.807) is 7.11 Å². The molecule has 0 bridgehead atoms. The fourth-order valence-corrected chi connectivity index (χ4v) is 2.16. The molecular weight excluding hydrogens is 200 g/mol. The highest BCUT2D eigenvalue weighted by Gasteiger charge is 2.10. The minimum Gasteiger partial charge on any atom is -0.497 e. The van der Waals surface area contributed by atoms with Crippen molar-refractivity contribution in [3.63, 3.8) is 0 Å². The summed E-state index contributed by atoms with van der Waals surface area (Å²) in [5, 5.41) is 3.37. The summed E-state index contributed by atoms with van der Waals surface area (Å²) >= 11 is 0. The number of nitrogens with zero attached hydrogens (tertiary/aromatic N) is 1.